The third-order valence-electron chi connectivity index (χ3n) is 6.59. The molecule has 2 aromatic rings. The molecule has 0 aliphatic carbocycles. The maximum absolute atomic E-state index is 13.2. The molecule has 1 aromatic carbocycles. The number of hydrogen-bond donors (Lipinski definition) is 4. The molecule has 2 fully saturated rings. The molecule has 19 heteroatoms. The van der Waals surface area contributed by atoms with Crippen molar-refractivity contribution in [1.82, 2.24) is 15.2 Å². The zero-order valence-corrected chi connectivity index (χ0v) is 23.5. The molecule has 3 aliphatic rings. The van der Waals surface area contributed by atoms with Gasteiger partial charge >= 0.3 is 18.1 Å². The van der Waals surface area contributed by atoms with Crippen LogP contribution in [0.3, 0.4) is 0 Å². The van der Waals surface area contributed by atoms with Gasteiger partial charge in [0.2, 0.25) is 0 Å². The predicted octanol–water partition coefficient (Wildman–Crippen LogP) is 1.26. The largest absolute Gasteiger partial charge is 0.508 e. The van der Waals surface area contributed by atoms with Crippen molar-refractivity contribution >= 4 is 69.3 Å². The Bertz CT molecular complexity index is 1690. The minimum absolute atomic E-state index is 0.0665. The number of oxime groups is 1. The zero-order valence-electron chi connectivity index (χ0n) is 21.9. The van der Waals surface area contributed by atoms with Crippen LogP contribution in [-0.2, 0) is 28.7 Å². The Morgan fingerprint density at radius 2 is 2.00 bits per heavy atom. The summed E-state index contributed by atoms with van der Waals surface area (Å²) in [5.74, 6) is -7.33. The van der Waals surface area contributed by atoms with Crippen molar-refractivity contribution in [2.75, 3.05) is 22.9 Å². The first-order valence-corrected chi connectivity index (χ1v) is 14.3. The number of ether oxygens (including phenoxy) is 1. The van der Waals surface area contributed by atoms with Crippen LogP contribution in [0.25, 0.3) is 0 Å². The van der Waals surface area contributed by atoms with E-state index in [1.165, 1.54) is 34.6 Å². The normalized spacial score (nSPS) is 21.3. The molecule has 0 unspecified atom stereocenters. The number of fused-ring (bicyclic) bond motifs is 1. The van der Waals surface area contributed by atoms with Crippen LogP contribution in [0, 0.1) is 0 Å². The second kappa shape index (κ2) is 11.6. The van der Waals surface area contributed by atoms with Crippen molar-refractivity contribution in [3.8, 4) is 5.75 Å². The number of aromatic hydroxyl groups is 1. The molecule has 0 radical (unpaired) electrons. The van der Waals surface area contributed by atoms with E-state index in [0.717, 1.165) is 28.0 Å². The van der Waals surface area contributed by atoms with Crippen molar-refractivity contribution in [1.29, 1.82) is 0 Å². The fraction of sp³-hybridized carbons (Fsp3) is 0.240. The topological polar surface area (TPSA) is 205 Å². The summed E-state index contributed by atoms with van der Waals surface area (Å²) in [5.41, 5.74) is 4.62. The smallest absolute Gasteiger partial charge is 0.491 e. The van der Waals surface area contributed by atoms with Gasteiger partial charge in [0.05, 0.1) is 0 Å². The zero-order chi connectivity index (χ0) is 31.9. The van der Waals surface area contributed by atoms with Crippen LogP contribution in [0.1, 0.15) is 12.1 Å². The fourth-order valence-corrected chi connectivity index (χ4v) is 6.47. The third kappa shape index (κ3) is 5.70. The highest BCUT2D eigenvalue weighted by Gasteiger charge is 2.55. The van der Waals surface area contributed by atoms with E-state index in [1.807, 2.05) is 0 Å². The third-order valence-corrected chi connectivity index (χ3v) is 8.56. The minimum Gasteiger partial charge on any atom is -0.508 e. The molecule has 2 atom stereocenters. The molecular formula is C25H19F3N6O8S2. The number of thioether (sulfide) groups is 1. The van der Waals surface area contributed by atoms with Gasteiger partial charge in [-0.15, -0.1) is 23.1 Å². The highest BCUT2D eigenvalue weighted by molar-refractivity contribution is 8.00. The number of allylic oxidation sites excluding steroid dienone is 1. The van der Waals surface area contributed by atoms with Crippen LogP contribution in [-0.4, -0.2) is 85.5 Å². The SMILES string of the molecule is Nc1nc(/C(=N/O)C(=O)N[C@@H]2C(=O)N3C(C(=O)OC(=O)C(F)(F)F)=C(/C=C4\CCN(c5cccc(O)c5)C4=O)CS[C@H]23)cs1. The lowest BCUT2D eigenvalue weighted by Gasteiger charge is -2.49. The average Bonchev–Trinajstić information content (AvgIpc) is 3.56. The van der Waals surface area contributed by atoms with E-state index in [2.05, 4.69) is 20.2 Å². The van der Waals surface area contributed by atoms with Crippen molar-refractivity contribution in [2.45, 2.75) is 24.0 Å². The molecule has 4 heterocycles. The summed E-state index contributed by atoms with van der Waals surface area (Å²) in [6.45, 7) is 0.180. The van der Waals surface area contributed by atoms with E-state index in [4.69, 9.17) is 5.73 Å². The first-order valence-electron chi connectivity index (χ1n) is 12.4. The molecule has 1 aromatic heterocycles. The number of β-lactam (4-membered cyclic amide) rings is 1. The van der Waals surface area contributed by atoms with Crippen LogP contribution < -0.4 is 16.0 Å². The first-order chi connectivity index (χ1) is 20.8. The van der Waals surface area contributed by atoms with Gasteiger partial charge in [0.15, 0.2) is 10.8 Å². The lowest BCUT2D eigenvalue weighted by atomic mass is 10.0. The van der Waals surface area contributed by atoms with Crippen molar-refractivity contribution < 1.29 is 52.2 Å². The summed E-state index contributed by atoms with van der Waals surface area (Å²) in [7, 11) is 0. The number of carbonyl (C=O) groups is 5. The summed E-state index contributed by atoms with van der Waals surface area (Å²) in [6.07, 6.45) is -4.13. The molecule has 0 spiro atoms. The van der Waals surface area contributed by atoms with Gasteiger partial charge in [0.25, 0.3) is 17.7 Å². The number of nitrogen functional groups attached to an aromatic ring is 1. The maximum atomic E-state index is 13.2. The Hall–Kier alpha value is -4.91. The van der Waals surface area contributed by atoms with E-state index in [0.29, 0.717) is 5.69 Å². The molecule has 0 saturated carbocycles. The number of phenols is 1. The Morgan fingerprint density at radius 1 is 1.25 bits per heavy atom. The maximum Gasteiger partial charge on any atom is 0.491 e. The molecule has 44 heavy (non-hydrogen) atoms. The fourth-order valence-electron chi connectivity index (χ4n) is 4.62. The van der Waals surface area contributed by atoms with Crippen molar-refractivity contribution in [3.63, 3.8) is 0 Å². The molecular weight excluding hydrogens is 633 g/mol. The number of esters is 2. The van der Waals surface area contributed by atoms with Gasteiger partial charge in [-0.25, -0.2) is 14.6 Å². The summed E-state index contributed by atoms with van der Waals surface area (Å²) >= 11 is 1.95. The van der Waals surface area contributed by atoms with Gasteiger partial charge < -0.3 is 31.0 Å². The lowest BCUT2D eigenvalue weighted by Crippen LogP contribution is -2.71. The molecule has 5 N–H and O–H groups in total. The van der Waals surface area contributed by atoms with E-state index < -0.39 is 58.7 Å². The Morgan fingerprint density at radius 3 is 2.64 bits per heavy atom. The van der Waals surface area contributed by atoms with Crippen LogP contribution in [0.15, 0.2) is 57.7 Å². The molecule has 2 saturated heterocycles. The molecule has 230 valence electrons. The van der Waals surface area contributed by atoms with Crippen LogP contribution in [0.4, 0.5) is 24.0 Å². The van der Waals surface area contributed by atoms with Crippen molar-refractivity contribution in [3.05, 3.63) is 58.3 Å². The van der Waals surface area contributed by atoms with Gasteiger partial charge in [-0.3, -0.25) is 19.3 Å². The number of nitrogens with two attached hydrogens (primary N) is 1. The number of halogens is 3. The van der Waals surface area contributed by atoms with Crippen LogP contribution in [0.5, 0.6) is 5.75 Å². The standard InChI is InChI=1S/C25H19F3N6O8S2/c26-25(27,28)23(40)42-22(39)17-11(6-10-4-5-33(19(10)37)12-2-1-3-13(35)7-12)8-43-21-16(20(38)34(17)21)31-18(36)15(32-41)14-9-44-24(29)30-14/h1-3,6-7,9,16,21,35,41H,4-5,8H2,(H2,29,30)(H,31,36)/b10-6+,32-15-/t16-,21-/m1/s1. The Balaban J connectivity index is 1.43. The van der Waals surface area contributed by atoms with Gasteiger partial charge in [-0.05, 0) is 30.2 Å². The number of rotatable bonds is 6. The first kappa shape index (κ1) is 30.5. The number of nitrogens with one attached hydrogen (secondary N) is 1. The molecule has 3 aliphatic heterocycles. The van der Waals surface area contributed by atoms with Gasteiger partial charge in [0.1, 0.15) is 28.6 Å². The lowest BCUT2D eigenvalue weighted by molar-refractivity contribution is -0.201. The van der Waals surface area contributed by atoms with Gasteiger partial charge in [-0.1, -0.05) is 11.2 Å². The van der Waals surface area contributed by atoms with Crippen molar-refractivity contribution in [2.24, 2.45) is 5.16 Å². The second-order valence-electron chi connectivity index (χ2n) is 9.33. The number of aromatic nitrogens is 1. The highest BCUT2D eigenvalue weighted by atomic mass is 32.2. The molecule has 14 nitrogen and oxygen atoms in total. The summed E-state index contributed by atoms with van der Waals surface area (Å²) < 4.78 is 42.8. The number of thiazole rings is 1. The average molecular weight is 653 g/mol. The number of amides is 3. The Labute approximate surface area is 252 Å². The molecule has 5 rings (SSSR count). The number of alkyl halides is 3. The van der Waals surface area contributed by atoms with E-state index in [1.54, 1.807) is 6.07 Å². The summed E-state index contributed by atoms with van der Waals surface area (Å²) in [5, 5.41) is 24.7. The van der Waals surface area contributed by atoms with E-state index >= 15 is 0 Å². The summed E-state index contributed by atoms with van der Waals surface area (Å²) in [6, 6.07) is 4.54. The number of phenolic OH excluding ortho intramolecular Hbond substituents is 1. The number of anilines is 2. The minimum atomic E-state index is -5.52. The molecule has 0 bridgehead atoms. The van der Waals surface area contributed by atoms with Gasteiger partial charge in [0, 0.05) is 35.0 Å². The second-order valence-corrected chi connectivity index (χ2v) is 11.3. The number of carbonyl (C=O) groups excluding carboxylic acids is 5. The van der Waals surface area contributed by atoms with Crippen LogP contribution >= 0.6 is 23.1 Å². The quantitative estimate of drug-likeness (QED) is 0.0665. The Kier molecular flexibility index (Phi) is 8.08. The number of hydrogen-bond acceptors (Lipinski definition) is 13. The van der Waals surface area contributed by atoms with E-state index in [-0.39, 0.29) is 46.4 Å². The van der Waals surface area contributed by atoms with Crippen LogP contribution in [0.2, 0.25) is 0 Å². The summed E-state index contributed by atoms with van der Waals surface area (Å²) in [4.78, 5) is 69.5. The number of nitrogens with zero attached hydrogens (tertiary/aromatic N) is 4. The predicted molar refractivity (Wildman–Crippen MR) is 147 cm³/mol. The molecule has 3 amide bonds. The number of benzene rings is 1. The monoisotopic (exact) mass is 652 g/mol. The highest BCUT2D eigenvalue weighted by Crippen LogP contribution is 2.42. The van der Waals surface area contributed by atoms with Gasteiger partial charge in [-0.2, -0.15) is 13.2 Å². The van der Waals surface area contributed by atoms with E-state index in [9.17, 15) is 47.5 Å².